The molecule has 1 saturated heterocycles. The van der Waals surface area contributed by atoms with Crippen LogP contribution in [0, 0.1) is 0 Å². The highest BCUT2D eigenvalue weighted by atomic mass is 32.2. The molecule has 3 aromatic carbocycles. The number of ether oxygens (including phenoxy) is 3. The van der Waals surface area contributed by atoms with E-state index in [2.05, 4.69) is 0 Å². The summed E-state index contributed by atoms with van der Waals surface area (Å²) in [5, 5.41) is 36.1. The van der Waals surface area contributed by atoms with Crippen molar-refractivity contribution < 1.29 is 37.9 Å². The molecule has 1 aliphatic rings. The third-order valence-corrected chi connectivity index (χ3v) is 9.79. The second-order valence-electron chi connectivity index (χ2n) is 10.5. The summed E-state index contributed by atoms with van der Waals surface area (Å²) in [4.78, 5) is 23.3. The SMILES string of the molecule is COc1ccccc1C(c1ccccc1)(c1ccccc1OC)C(O)[C@H]1O[C@@H](n2ccc(=O)[nH]c2=O)[C@H](O)[C@@]1(O)S(C)(=O)=O. The Balaban J connectivity index is 1.88. The predicted octanol–water partition coefficient (Wildman–Crippen LogP) is 0.941. The third-order valence-electron chi connectivity index (χ3n) is 8.13. The molecular weight excluding hydrogens is 592 g/mol. The average molecular weight is 625 g/mol. The van der Waals surface area contributed by atoms with E-state index in [-0.39, 0.29) is 0 Å². The summed E-state index contributed by atoms with van der Waals surface area (Å²) in [5.41, 5.74) is -2.43. The van der Waals surface area contributed by atoms with E-state index in [4.69, 9.17) is 14.2 Å². The molecule has 1 aliphatic heterocycles. The van der Waals surface area contributed by atoms with E-state index >= 15 is 0 Å². The number of para-hydroxylation sites is 2. The van der Waals surface area contributed by atoms with Crippen LogP contribution in [0.1, 0.15) is 22.9 Å². The average Bonchev–Trinajstić information content (AvgIpc) is 3.29. The number of sulfone groups is 1. The standard InChI is InChI=1S/C31H32N2O10S/c1-41-22-15-9-7-13-20(22)30(19-11-5-4-6-12-19,21-14-8-10-16-23(21)42-2)25(35)27-31(38,44(3,39)40)26(36)28(43-27)33-18-17-24(34)32-29(33)37/h4-18,25-28,35-36,38H,1-3H3,(H,32,34,37)/t25?,26-,27+,28+,31+/m0/s1. The van der Waals surface area contributed by atoms with E-state index < -0.39 is 56.0 Å². The van der Waals surface area contributed by atoms with Gasteiger partial charge in [-0.2, -0.15) is 0 Å². The minimum Gasteiger partial charge on any atom is -0.496 e. The van der Waals surface area contributed by atoms with Gasteiger partial charge in [0, 0.05) is 29.6 Å². The van der Waals surface area contributed by atoms with Gasteiger partial charge in [0.1, 0.15) is 29.8 Å². The Morgan fingerprint density at radius 2 is 1.43 bits per heavy atom. The van der Waals surface area contributed by atoms with E-state index in [9.17, 15) is 33.3 Å². The first-order valence-electron chi connectivity index (χ1n) is 13.5. The van der Waals surface area contributed by atoms with Gasteiger partial charge in [0.2, 0.25) is 4.93 Å². The number of hydrogen-bond acceptors (Lipinski definition) is 10. The molecule has 1 aromatic heterocycles. The van der Waals surface area contributed by atoms with Crippen molar-refractivity contribution in [3.05, 3.63) is 129 Å². The highest BCUT2D eigenvalue weighted by Crippen LogP contribution is 2.53. The van der Waals surface area contributed by atoms with Gasteiger partial charge in [-0.25, -0.2) is 13.2 Å². The summed E-state index contributed by atoms with van der Waals surface area (Å²) in [6, 6.07) is 23.1. The number of aromatic nitrogens is 2. The molecule has 0 radical (unpaired) electrons. The lowest BCUT2D eigenvalue weighted by Gasteiger charge is -2.45. The summed E-state index contributed by atoms with van der Waals surface area (Å²) in [5.74, 6) is 0.604. The quantitative estimate of drug-likeness (QED) is 0.196. The van der Waals surface area contributed by atoms with Crippen LogP contribution < -0.4 is 20.7 Å². The molecule has 4 aromatic rings. The summed E-state index contributed by atoms with van der Waals surface area (Å²) in [6.07, 6.45) is -6.53. The summed E-state index contributed by atoms with van der Waals surface area (Å²) < 4.78 is 45.0. The van der Waals surface area contributed by atoms with E-state index in [0.717, 1.165) is 16.8 Å². The number of methoxy groups -OCH3 is 2. The molecule has 0 saturated carbocycles. The monoisotopic (exact) mass is 624 g/mol. The topological polar surface area (TPSA) is 177 Å². The molecule has 5 rings (SSSR count). The number of hydrogen-bond donors (Lipinski definition) is 4. The van der Waals surface area contributed by atoms with Crippen LogP contribution in [-0.2, 0) is 20.0 Å². The van der Waals surface area contributed by atoms with Gasteiger partial charge in [0.25, 0.3) is 5.56 Å². The van der Waals surface area contributed by atoms with Gasteiger partial charge in [-0.05, 0) is 17.7 Å². The Morgan fingerprint density at radius 1 is 0.909 bits per heavy atom. The van der Waals surface area contributed by atoms with Gasteiger partial charge in [-0.3, -0.25) is 14.3 Å². The number of aliphatic hydroxyl groups excluding tert-OH is 2. The maximum Gasteiger partial charge on any atom is 0.330 e. The van der Waals surface area contributed by atoms with Crippen molar-refractivity contribution in [2.24, 2.45) is 0 Å². The molecule has 2 heterocycles. The van der Waals surface area contributed by atoms with E-state index in [0.29, 0.717) is 34.4 Å². The molecule has 1 unspecified atom stereocenters. The molecule has 1 fully saturated rings. The Kier molecular flexibility index (Phi) is 8.27. The molecule has 12 nitrogen and oxygen atoms in total. The Hall–Kier alpha value is -4.27. The third kappa shape index (κ3) is 4.73. The van der Waals surface area contributed by atoms with Crippen molar-refractivity contribution in [2.75, 3.05) is 20.5 Å². The normalized spacial score (nSPS) is 22.8. The maximum absolute atomic E-state index is 13.4. The van der Waals surface area contributed by atoms with Crippen molar-refractivity contribution in [1.29, 1.82) is 0 Å². The second kappa shape index (κ2) is 11.7. The Morgan fingerprint density at radius 3 is 1.93 bits per heavy atom. The molecule has 0 amide bonds. The van der Waals surface area contributed by atoms with Crippen molar-refractivity contribution in [3.63, 3.8) is 0 Å². The molecule has 0 spiro atoms. The van der Waals surface area contributed by atoms with Crippen LogP contribution in [-0.4, -0.2) is 77.0 Å². The first kappa shape index (κ1) is 31.2. The lowest BCUT2D eigenvalue weighted by Crippen LogP contribution is -2.62. The number of rotatable bonds is 9. The Labute approximate surface area is 252 Å². The fraction of sp³-hybridized carbons (Fsp3) is 0.290. The van der Waals surface area contributed by atoms with Crippen molar-refractivity contribution in [3.8, 4) is 11.5 Å². The lowest BCUT2D eigenvalue weighted by atomic mass is 9.63. The number of aromatic amines is 1. The molecular formula is C31H32N2O10S. The number of benzene rings is 3. The number of aliphatic hydroxyl groups is 3. The molecule has 13 heteroatoms. The number of nitrogens with zero attached hydrogens (tertiary/aromatic N) is 1. The molecule has 0 aliphatic carbocycles. The Bertz CT molecular complexity index is 1830. The predicted molar refractivity (Wildman–Crippen MR) is 159 cm³/mol. The van der Waals surface area contributed by atoms with Gasteiger partial charge in [-0.1, -0.05) is 66.7 Å². The smallest absolute Gasteiger partial charge is 0.330 e. The zero-order valence-corrected chi connectivity index (χ0v) is 24.8. The zero-order chi connectivity index (χ0) is 31.9. The molecule has 44 heavy (non-hydrogen) atoms. The van der Waals surface area contributed by atoms with Gasteiger partial charge in [0.15, 0.2) is 16.1 Å². The van der Waals surface area contributed by atoms with E-state index in [1.54, 1.807) is 78.9 Å². The fourth-order valence-corrected chi connectivity index (χ4v) is 7.25. The lowest BCUT2D eigenvalue weighted by molar-refractivity contribution is -0.107. The molecule has 4 N–H and O–H groups in total. The van der Waals surface area contributed by atoms with Crippen LogP contribution in [0.25, 0.3) is 0 Å². The molecule has 232 valence electrons. The van der Waals surface area contributed by atoms with Gasteiger partial charge in [0.05, 0.1) is 19.6 Å². The summed E-state index contributed by atoms with van der Waals surface area (Å²) in [6.45, 7) is 0. The summed E-state index contributed by atoms with van der Waals surface area (Å²) >= 11 is 0. The minimum atomic E-state index is -4.67. The number of nitrogens with one attached hydrogen (secondary N) is 1. The van der Waals surface area contributed by atoms with Gasteiger partial charge in [-0.15, -0.1) is 0 Å². The zero-order valence-electron chi connectivity index (χ0n) is 24.0. The highest BCUT2D eigenvalue weighted by Gasteiger charge is 2.68. The van der Waals surface area contributed by atoms with Crippen LogP contribution >= 0.6 is 0 Å². The van der Waals surface area contributed by atoms with Crippen LogP contribution in [0.2, 0.25) is 0 Å². The maximum atomic E-state index is 13.4. The van der Waals surface area contributed by atoms with Gasteiger partial charge >= 0.3 is 5.69 Å². The molecule has 0 bridgehead atoms. The second-order valence-corrected chi connectivity index (χ2v) is 12.7. The highest BCUT2D eigenvalue weighted by molar-refractivity contribution is 7.92. The van der Waals surface area contributed by atoms with Gasteiger partial charge < -0.3 is 29.5 Å². The summed E-state index contributed by atoms with van der Waals surface area (Å²) in [7, 11) is -1.80. The molecule has 5 atom stereocenters. The largest absolute Gasteiger partial charge is 0.496 e. The minimum absolute atomic E-state index is 0.302. The van der Waals surface area contributed by atoms with Crippen LogP contribution in [0.5, 0.6) is 11.5 Å². The van der Waals surface area contributed by atoms with Crippen molar-refractivity contribution in [1.82, 2.24) is 9.55 Å². The van der Waals surface area contributed by atoms with Crippen LogP contribution in [0.4, 0.5) is 0 Å². The first-order chi connectivity index (χ1) is 20.9. The van der Waals surface area contributed by atoms with Crippen LogP contribution in [0.15, 0.2) is 101 Å². The van der Waals surface area contributed by atoms with E-state index in [1.807, 2.05) is 4.98 Å². The van der Waals surface area contributed by atoms with Crippen LogP contribution in [0.3, 0.4) is 0 Å². The van der Waals surface area contributed by atoms with Crippen molar-refractivity contribution in [2.45, 2.75) is 34.9 Å². The first-order valence-corrected chi connectivity index (χ1v) is 15.4. The van der Waals surface area contributed by atoms with E-state index in [1.165, 1.54) is 14.2 Å². The van der Waals surface area contributed by atoms with Crippen molar-refractivity contribution >= 4 is 9.84 Å². The fourth-order valence-electron chi connectivity index (χ4n) is 6.09. The number of H-pyrrole nitrogens is 1.